The fourth-order valence-corrected chi connectivity index (χ4v) is 2.86. The van der Waals surface area contributed by atoms with E-state index >= 15 is 0 Å². The predicted octanol–water partition coefficient (Wildman–Crippen LogP) is 2.64. The van der Waals surface area contributed by atoms with Gasteiger partial charge in [-0.15, -0.1) is 0 Å². The Labute approximate surface area is 136 Å². The van der Waals surface area contributed by atoms with E-state index < -0.39 is 0 Å². The van der Waals surface area contributed by atoms with Crippen molar-refractivity contribution in [1.82, 2.24) is 14.9 Å². The summed E-state index contributed by atoms with van der Waals surface area (Å²) >= 11 is 0. The van der Waals surface area contributed by atoms with Crippen LogP contribution in [0, 0.1) is 17.2 Å². The molecule has 0 unspecified atom stereocenters. The van der Waals surface area contributed by atoms with E-state index in [9.17, 15) is 0 Å². The first-order valence-corrected chi connectivity index (χ1v) is 7.95. The minimum atomic E-state index is 0.461. The Kier molecular flexibility index (Phi) is 5.17. The molecule has 1 saturated heterocycles. The third-order valence-corrected chi connectivity index (χ3v) is 4.16. The fourth-order valence-electron chi connectivity index (χ4n) is 2.86. The van der Waals surface area contributed by atoms with Gasteiger partial charge in [0.1, 0.15) is 0 Å². The van der Waals surface area contributed by atoms with Crippen LogP contribution in [0.25, 0.3) is 0 Å². The lowest BCUT2D eigenvalue weighted by Gasteiger charge is -2.31. The Morgan fingerprint density at radius 2 is 1.96 bits per heavy atom. The van der Waals surface area contributed by atoms with Gasteiger partial charge in [0, 0.05) is 18.9 Å². The van der Waals surface area contributed by atoms with Crippen LogP contribution in [-0.4, -0.2) is 34.6 Å². The number of nitriles is 1. The van der Waals surface area contributed by atoms with Crippen molar-refractivity contribution in [3.05, 3.63) is 53.9 Å². The molecule has 3 rings (SSSR count). The third-order valence-electron chi connectivity index (χ3n) is 4.16. The maximum Gasteiger partial charge on any atom is 0.316 e. The Hall–Kier alpha value is -2.45. The van der Waals surface area contributed by atoms with Gasteiger partial charge in [0.05, 0.1) is 18.2 Å². The average Bonchev–Trinajstić information content (AvgIpc) is 2.62. The molecule has 1 aliphatic rings. The van der Waals surface area contributed by atoms with Crippen LogP contribution in [0.1, 0.15) is 24.0 Å². The van der Waals surface area contributed by atoms with Crippen LogP contribution in [0.5, 0.6) is 6.01 Å². The van der Waals surface area contributed by atoms with E-state index in [0.29, 0.717) is 18.5 Å². The molecule has 0 spiro atoms. The quantitative estimate of drug-likeness (QED) is 0.849. The van der Waals surface area contributed by atoms with E-state index in [-0.39, 0.29) is 0 Å². The lowest BCUT2D eigenvalue weighted by Crippen LogP contribution is -2.35. The van der Waals surface area contributed by atoms with Crippen molar-refractivity contribution in [3.8, 4) is 12.1 Å². The van der Waals surface area contributed by atoms with Gasteiger partial charge < -0.3 is 4.74 Å². The summed E-state index contributed by atoms with van der Waals surface area (Å²) in [5, 5.41) is 8.97. The minimum absolute atomic E-state index is 0.461. The molecule has 0 bridgehead atoms. The third kappa shape index (κ3) is 4.51. The van der Waals surface area contributed by atoms with Gasteiger partial charge in [-0.2, -0.15) is 5.26 Å². The first-order chi connectivity index (χ1) is 11.3. The molecule has 1 aromatic heterocycles. The zero-order chi connectivity index (χ0) is 15.9. The smallest absolute Gasteiger partial charge is 0.316 e. The second-order valence-electron chi connectivity index (χ2n) is 5.87. The van der Waals surface area contributed by atoms with E-state index in [1.165, 1.54) is 5.56 Å². The zero-order valence-corrected chi connectivity index (χ0v) is 13.1. The minimum Gasteiger partial charge on any atom is -0.463 e. The normalized spacial score (nSPS) is 16.0. The van der Waals surface area contributed by atoms with Crippen molar-refractivity contribution in [3.63, 3.8) is 0 Å². The van der Waals surface area contributed by atoms with E-state index in [1.807, 2.05) is 18.2 Å². The molecular weight excluding hydrogens is 288 g/mol. The van der Waals surface area contributed by atoms with Crippen molar-refractivity contribution in [1.29, 1.82) is 5.26 Å². The average molecular weight is 308 g/mol. The Morgan fingerprint density at radius 1 is 1.17 bits per heavy atom. The van der Waals surface area contributed by atoms with Crippen LogP contribution >= 0.6 is 0 Å². The molecule has 0 aliphatic carbocycles. The maximum absolute atomic E-state index is 8.97. The summed E-state index contributed by atoms with van der Waals surface area (Å²) in [4.78, 5) is 10.6. The first kappa shape index (κ1) is 15.4. The molecule has 0 radical (unpaired) electrons. The molecule has 1 aliphatic heterocycles. The maximum atomic E-state index is 8.97. The van der Waals surface area contributed by atoms with Gasteiger partial charge >= 0.3 is 6.01 Å². The number of hydrogen-bond acceptors (Lipinski definition) is 5. The summed E-state index contributed by atoms with van der Waals surface area (Å²) < 4.78 is 5.65. The number of piperidine rings is 1. The molecule has 5 nitrogen and oxygen atoms in total. The molecule has 0 N–H and O–H groups in total. The number of rotatable bonds is 5. The summed E-state index contributed by atoms with van der Waals surface area (Å²) in [5.41, 5.74) is 1.94. The number of benzene rings is 1. The largest absolute Gasteiger partial charge is 0.463 e. The van der Waals surface area contributed by atoms with Crippen molar-refractivity contribution in [2.24, 2.45) is 5.92 Å². The zero-order valence-electron chi connectivity index (χ0n) is 13.1. The predicted molar refractivity (Wildman–Crippen MR) is 86.7 cm³/mol. The van der Waals surface area contributed by atoms with Crippen LogP contribution in [0.3, 0.4) is 0 Å². The highest BCUT2D eigenvalue weighted by Crippen LogP contribution is 2.20. The highest BCUT2D eigenvalue weighted by atomic mass is 16.5. The summed E-state index contributed by atoms with van der Waals surface area (Å²) in [6.07, 6.45) is 5.62. The van der Waals surface area contributed by atoms with Crippen LogP contribution in [-0.2, 0) is 6.54 Å². The highest BCUT2D eigenvalue weighted by molar-refractivity contribution is 5.32. The summed E-state index contributed by atoms with van der Waals surface area (Å²) in [7, 11) is 0. The summed E-state index contributed by atoms with van der Waals surface area (Å²) in [6.45, 7) is 3.70. The number of aromatic nitrogens is 2. The van der Waals surface area contributed by atoms with Gasteiger partial charge in [-0.05, 0) is 55.6 Å². The molecule has 1 aromatic carbocycles. The van der Waals surface area contributed by atoms with Gasteiger partial charge in [-0.3, -0.25) is 4.90 Å². The summed E-state index contributed by atoms with van der Waals surface area (Å²) in [5.74, 6) is 0.556. The molecule has 23 heavy (non-hydrogen) atoms. The lowest BCUT2D eigenvalue weighted by molar-refractivity contribution is 0.132. The molecule has 2 aromatic rings. The first-order valence-electron chi connectivity index (χ1n) is 7.95. The van der Waals surface area contributed by atoms with E-state index in [4.69, 9.17) is 10.00 Å². The number of hydrogen-bond donors (Lipinski definition) is 0. The molecule has 0 saturated carbocycles. The van der Waals surface area contributed by atoms with Crippen molar-refractivity contribution in [2.75, 3.05) is 19.7 Å². The van der Waals surface area contributed by atoms with Crippen LogP contribution in [0.2, 0.25) is 0 Å². The Morgan fingerprint density at radius 3 is 2.70 bits per heavy atom. The number of likely N-dealkylation sites (tertiary alicyclic amines) is 1. The molecule has 118 valence electrons. The van der Waals surface area contributed by atoms with E-state index in [2.05, 4.69) is 27.0 Å². The lowest BCUT2D eigenvalue weighted by atomic mass is 9.97. The van der Waals surface area contributed by atoms with Crippen LogP contribution in [0.4, 0.5) is 0 Å². The standard InChI is InChI=1S/C18H20N4O/c19-12-16-3-1-4-17(11-16)13-22-9-5-15(6-10-22)14-23-18-20-7-2-8-21-18/h1-4,7-8,11,15H,5-6,9-10,13-14H2. The number of ether oxygens (including phenoxy) is 1. The van der Waals surface area contributed by atoms with Crippen molar-refractivity contribution < 1.29 is 4.74 Å². The Balaban J connectivity index is 1.44. The molecule has 1 fully saturated rings. The van der Waals surface area contributed by atoms with Gasteiger partial charge in [-0.1, -0.05) is 12.1 Å². The van der Waals surface area contributed by atoms with Crippen molar-refractivity contribution in [2.45, 2.75) is 19.4 Å². The highest BCUT2D eigenvalue weighted by Gasteiger charge is 2.20. The second-order valence-corrected chi connectivity index (χ2v) is 5.87. The Bertz CT molecular complexity index is 660. The van der Waals surface area contributed by atoms with Gasteiger partial charge in [-0.25, -0.2) is 9.97 Å². The SMILES string of the molecule is N#Cc1cccc(CN2CCC(COc3ncccn3)CC2)c1. The van der Waals surface area contributed by atoms with Crippen LogP contribution < -0.4 is 4.74 Å². The van der Waals surface area contributed by atoms with E-state index in [0.717, 1.165) is 38.0 Å². The van der Waals surface area contributed by atoms with E-state index in [1.54, 1.807) is 18.5 Å². The van der Waals surface area contributed by atoms with Gasteiger partial charge in [0.15, 0.2) is 0 Å². The second kappa shape index (κ2) is 7.70. The van der Waals surface area contributed by atoms with Crippen LogP contribution in [0.15, 0.2) is 42.7 Å². The fraction of sp³-hybridized carbons (Fsp3) is 0.389. The molecule has 2 heterocycles. The van der Waals surface area contributed by atoms with Gasteiger partial charge in [0.25, 0.3) is 0 Å². The topological polar surface area (TPSA) is 62.0 Å². The van der Waals surface area contributed by atoms with Crippen molar-refractivity contribution >= 4 is 0 Å². The van der Waals surface area contributed by atoms with Gasteiger partial charge in [0.2, 0.25) is 0 Å². The molecule has 0 amide bonds. The molecule has 5 heteroatoms. The molecular formula is C18H20N4O. The monoisotopic (exact) mass is 308 g/mol. The summed E-state index contributed by atoms with van der Waals surface area (Å²) in [6, 6.07) is 12.3. The molecule has 0 atom stereocenters. The number of nitrogens with zero attached hydrogens (tertiary/aromatic N) is 4.